The fourth-order valence-electron chi connectivity index (χ4n) is 2.73. The minimum absolute atomic E-state index is 0.0517. The maximum absolute atomic E-state index is 12.0. The predicted octanol–water partition coefficient (Wildman–Crippen LogP) is 1.84. The Bertz CT molecular complexity index is 455. The summed E-state index contributed by atoms with van der Waals surface area (Å²) >= 11 is 0. The molecule has 2 N–H and O–H groups in total. The Morgan fingerprint density at radius 3 is 2.42 bits per heavy atom. The van der Waals surface area contributed by atoms with Crippen molar-refractivity contribution in [1.82, 2.24) is 9.97 Å². The van der Waals surface area contributed by atoms with Crippen molar-refractivity contribution >= 4 is 17.8 Å². The quantitative estimate of drug-likeness (QED) is 0.845. The zero-order valence-electron chi connectivity index (χ0n) is 10.6. The van der Waals surface area contributed by atoms with E-state index in [-0.39, 0.29) is 24.7 Å². The zero-order chi connectivity index (χ0) is 13.7. The van der Waals surface area contributed by atoms with Gasteiger partial charge in [0.15, 0.2) is 0 Å². The SMILES string of the molecule is O=C(O)CC1(CC(=O)Nc2ncccn2)CCCC1. The van der Waals surface area contributed by atoms with Gasteiger partial charge >= 0.3 is 5.97 Å². The number of rotatable bonds is 5. The summed E-state index contributed by atoms with van der Waals surface area (Å²) < 4.78 is 0. The van der Waals surface area contributed by atoms with E-state index in [1.165, 1.54) is 0 Å². The van der Waals surface area contributed by atoms with E-state index in [2.05, 4.69) is 15.3 Å². The molecule has 0 aliphatic heterocycles. The molecule has 0 spiro atoms. The van der Waals surface area contributed by atoms with Gasteiger partial charge < -0.3 is 5.11 Å². The predicted molar refractivity (Wildman–Crippen MR) is 68.4 cm³/mol. The van der Waals surface area contributed by atoms with Crippen molar-refractivity contribution in [2.45, 2.75) is 38.5 Å². The summed E-state index contributed by atoms with van der Waals surface area (Å²) in [5.41, 5.74) is -0.398. The van der Waals surface area contributed by atoms with Crippen LogP contribution in [-0.4, -0.2) is 27.0 Å². The second kappa shape index (κ2) is 5.77. The third-order valence-corrected chi connectivity index (χ3v) is 3.54. The van der Waals surface area contributed by atoms with Crippen LogP contribution in [0.15, 0.2) is 18.5 Å². The van der Waals surface area contributed by atoms with Crippen molar-refractivity contribution in [2.75, 3.05) is 5.32 Å². The molecule has 0 saturated heterocycles. The first-order valence-corrected chi connectivity index (χ1v) is 6.38. The lowest BCUT2D eigenvalue weighted by Crippen LogP contribution is -2.28. The molecule has 1 aliphatic rings. The summed E-state index contributed by atoms with van der Waals surface area (Å²) in [5.74, 6) is -0.795. The van der Waals surface area contributed by atoms with Crippen LogP contribution < -0.4 is 5.32 Å². The average Bonchev–Trinajstić information content (AvgIpc) is 2.77. The van der Waals surface area contributed by atoms with Crippen LogP contribution in [0.4, 0.5) is 5.95 Å². The van der Waals surface area contributed by atoms with Crippen LogP contribution in [0.2, 0.25) is 0 Å². The highest BCUT2D eigenvalue weighted by molar-refractivity contribution is 5.89. The number of carbonyl (C=O) groups is 2. The summed E-state index contributed by atoms with van der Waals surface area (Å²) in [6.07, 6.45) is 6.93. The first-order chi connectivity index (χ1) is 9.10. The Balaban J connectivity index is 1.97. The average molecular weight is 263 g/mol. The van der Waals surface area contributed by atoms with Crippen LogP contribution in [0.5, 0.6) is 0 Å². The lowest BCUT2D eigenvalue weighted by molar-refractivity contribution is -0.140. The number of carboxylic acid groups (broad SMARTS) is 1. The normalized spacial score (nSPS) is 17.1. The molecule has 1 aromatic heterocycles. The fourth-order valence-corrected chi connectivity index (χ4v) is 2.73. The van der Waals surface area contributed by atoms with Crippen molar-refractivity contribution in [1.29, 1.82) is 0 Å². The number of hydrogen-bond acceptors (Lipinski definition) is 4. The third-order valence-electron chi connectivity index (χ3n) is 3.54. The van der Waals surface area contributed by atoms with Crippen molar-refractivity contribution in [3.05, 3.63) is 18.5 Å². The standard InChI is InChI=1S/C13H17N3O3/c17-10(16-12-14-6-3-7-15-12)8-13(9-11(18)19)4-1-2-5-13/h3,6-7H,1-2,4-5,8-9H2,(H,18,19)(H,14,15,16,17). The van der Waals surface area contributed by atoms with Gasteiger partial charge in [0.2, 0.25) is 11.9 Å². The number of nitrogens with one attached hydrogen (secondary N) is 1. The molecule has 1 aromatic rings. The highest BCUT2D eigenvalue weighted by Gasteiger charge is 2.38. The molecule has 1 amide bonds. The van der Waals surface area contributed by atoms with Crippen molar-refractivity contribution < 1.29 is 14.7 Å². The van der Waals surface area contributed by atoms with Gasteiger partial charge in [-0.2, -0.15) is 0 Å². The molecule has 6 nitrogen and oxygen atoms in total. The molecular weight excluding hydrogens is 246 g/mol. The maximum Gasteiger partial charge on any atom is 0.303 e. The van der Waals surface area contributed by atoms with E-state index < -0.39 is 11.4 Å². The van der Waals surface area contributed by atoms with Gasteiger partial charge in [0.05, 0.1) is 6.42 Å². The van der Waals surface area contributed by atoms with Gasteiger partial charge in [-0.3, -0.25) is 14.9 Å². The molecule has 19 heavy (non-hydrogen) atoms. The zero-order valence-corrected chi connectivity index (χ0v) is 10.6. The largest absolute Gasteiger partial charge is 0.481 e. The third kappa shape index (κ3) is 3.74. The topological polar surface area (TPSA) is 92.2 Å². The number of carbonyl (C=O) groups excluding carboxylic acids is 1. The molecule has 0 radical (unpaired) electrons. The van der Waals surface area contributed by atoms with Crippen molar-refractivity contribution in [2.24, 2.45) is 5.41 Å². The van der Waals surface area contributed by atoms with E-state index in [0.29, 0.717) is 0 Å². The number of anilines is 1. The van der Waals surface area contributed by atoms with E-state index in [9.17, 15) is 9.59 Å². The highest BCUT2D eigenvalue weighted by Crippen LogP contribution is 2.44. The molecule has 102 valence electrons. The van der Waals surface area contributed by atoms with Crippen LogP contribution in [0.1, 0.15) is 38.5 Å². The molecule has 1 aliphatic carbocycles. The van der Waals surface area contributed by atoms with E-state index in [0.717, 1.165) is 25.7 Å². The summed E-state index contributed by atoms with van der Waals surface area (Å²) in [7, 11) is 0. The van der Waals surface area contributed by atoms with E-state index in [1.807, 2.05) is 0 Å². The lowest BCUT2D eigenvalue weighted by atomic mass is 9.79. The minimum atomic E-state index is -0.842. The molecule has 1 saturated carbocycles. The van der Waals surface area contributed by atoms with E-state index in [4.69, 9.17) is 5.11 Å². The second-order valence-electron chi connectivity index (χ2n) is 5.07. The Hall–Kier alpha value is -1.98. The Morgan fingerprint density at radius 1 is 1.21 bits per heavy atom. The molecule has 2 rings (SSSR count). The molecule has 1 fully saturated rings. The number of carboxylic acids is 1. The molecule has 1 heterocycles. The minimum Gasteiger partial charge on any atom is -0.481 e. The van der Waals surface area contributed by atoms with Crippen LogP contribution >= 0.6 is 0 Å². The fraction of sp³-hybridized carbons (Fsp3) is 0.538. The monoisotopic (exact) mass is 263 g/mol. The lowest BCUT2D eigenvalue weighted by Gasteiger charge is -2.26. The van der Waals surface area contributed by atoms with Crippen molar-refractivity contribution in [3.8, 4) is 0 Å². The van der Waals surface area contributed by atoms with Gasteiger partial charge in [0, 0.05) is 18.8 Å². The number of nitrogens with zero attached hydrogens (tertiary/aromatic N) is 2. The van der Waals surface area contributed by atoms with Crippen LogP contribution in [0.25, 0.3) is 0 Å². The van der Waals surface area contributed by atoms with Gasteiger partial charge in [0.25, 0.3) is 0 Å². The van der Waals surface area contributed by atoms with Crippen LogP contribution in [0.3, 0.4) is 0 Å². The molecule has 0 bridgehead atoms. The van der Waals surface area contributed by atoms with Gasteiger partial charge in [0.1, 0.15) is 0 Å². The van der Waals surface area contributed by atoms with Gasteiger partial charge in [-0.15, -0.1) is 0 Å². The second-order valence-corrected chi connectivity index (χ2v) is 5.07. The Morgan fingerprint density at radius 2 is 1.84 bits per heavy atom. The van der Waals surface area contributed by atoms with Crippen molar-refractivity contribution in [3.63, 3.8) is 0 Å². The van der Waals surface area contributed by atoms with Gasteiger partial charge in [-0.25, -0.2) is 9.97 Å². The first kappa shape index (κ1) is 13.5. The highest BCUT2D eigenvalue weighted by atomic mass is 16.4. The maximum atomic E-state index is 12.0. The molecular formula is C13H17N3O3. The summed E-state index contributed by atoms with van der Waals surface area (Å²) in [6.45, 7) is 0. The Labute approximate surface area is 111 Å². The first-order valence-electron chi connectivity index (χ1n) is 6.38. The number of aliphatic carboxylic acids is 1. The van der Waals surface area contributed by atoms with Crippen LogP contribution in [0, 0.1) is 5.41 Å². The van der Waals surface area contributed by atoms with E-state index >= 15 is 0 Å². The number of hydrogen-bond donors (Lipinski definition) is 2. The van der Waals surface area contributed by atoms with Gasteiger partial charge in [-0.1, -0.05) is 12.8 Å². The van der Waals surface area contributed by atoms with Gasteiger partial charge in [-0.05, 0) is 24.3 Å². The Kier molecular flexibility index (Phi) is 4.09. The molecule has 0 aromatic carbocycles. The van der Waals surface area contributed by atoms with E-state index in [1.54, 1.807) is 18.5 Å². The smallest absolute Gasteiger partial charge is 0.303 e. The van der Waals surface area contributed by atoms with Crippen LogP contribution in [-0.2, 0) is 9.59 Å². The molecule has 0 atom stereocenters. The number of aromatic nitrogens is 2. The summed E-state index contributed by atoms with van der Waals surface area (Å²) in [6, 6.07) is 1.67. The number of amides is 1. The molecule has 0 unspecified atom stereocenters. The summed E-state index contributed by atoms with van der Waals surface area (Å²) in [4.78, 5) is 30.8. The molecule has 6 heteroatoms. The summed E-state index contributed by atoms with van der Waals surface area (Å²) in [5, 5.41) is 11.6.